The summed E-state index contributed by atoms with van der Waals surface area (Å²) in [7, 11) is -0.419. The van der Waals surface area contributed by atoms with Gasteiger partial charge in [0.25, 0.3) is 0 Å². The molecular weight excluding hydrogens is 288 g/mol. The monoisotopic (exact) mass is 314 g/mol. The Bertz CT molecular complexity index is 524. The zero-order valence-corrected chi connectivity index (χ0v) is 14.1. The molecule has 2 N–H and O–H groups in total. The van der Waals surface area contributed by atoms with E-state index in [1.54, 1.807) is 12.1 Å². The van der Waals surface area contributed by atoms with Crippen molar-refractivity contribution >= 4 is 15.8 Å². The number of hydrogen-bond donors (Lipinski definition) is 1. The van der Waals surface area contributed by atoms with Gasteiger partial charge in [-0.2, -0.15) is 0 Å². The van der Waals surface area contributed by atoms with Crippen LogP contribution in [0.2, 0.25) is 0 Å². The molecule has 0 bridgehead atoms. The number of pyridine rings is 1. The lowest BCUT2D eigenvalue weighted by Gasteiger charge is -2.31. The summed E-state index contributed by atoms with van der Waals surface area (Å²) in [6.45, 7) is 5.50. The van der Waals surface area contributed by atoms with Crippen molar-refractivity contribution in [3.63, 3.8) is 0 Å². The molecule has 21 heavy (non-hydrogen) atoms. The van der Waals surface area contributed by atoms with Crippen molar-refractivity contribution in [1.29, 1.82) is 0 Å². The van der Waals surface area contributed by atoms with Crippen molar-refractivity contribution in [1.82, 2.24) is 9.29 Å². The second-order valence-electron chi connectivity index (χ2n) is 5.09. The van der Waals surface area contributed by atoms with Crippen molar-refractivity contribution in [3.8, 4) is 0 Å². The van der Waals surface area contributed by atoms with Crippen LogP contribution in [-0.4, -0.2) is 50.9 Å². The molecule has 120 valence electrons. The largest absolute Gasteiger partial charge is 0.352 e. The predicted molar refractivity (Wildman–Crippen MR) is 85.9 cm³/mol. The van der Waals surface area contributed by atoms with Crippen LogP contribution in [0.4, 0.5) is 5.82 Å². The van der Waals surface area contributed by atoms with Gasteiger partial charge in [-0.15, -0.1) is 0 Å². The summed E-state index contributed by atoms with van der Waals surface area (Å²) in [4.78, 5) is 6.67. The maximum atomic E-state index is 12.0. The Morgan fingerprint density at radius 1 is 1.24 bits per heavy atom. The number of nitrogens with zero attached hydrogens (tertiary/aromatic N) is 3. The van der Waals surface area contributed by atoms with E-state index >= 15 is 0 Å². The third-order valence-electron chi connectivity index (χ3n) is 3.55. The molecule has 1 aromatic rings. The molecule has 0 fully saturated rings. The third kappa shape index (κ3) is 4.15. The summed E-state index contributed by atoms with van der Waals surface area (Å²) in [5.41, 5.74) is 5.68. The fourth-order valence-corrected chi connectivity index (χ4v) is 3.11. The van der Waals surface area contributed by atoms with Crippen LogP contribution in [0.5, 0.6) is 0 Å². The molecule has 6 nitrogen and oxygen atoms in total. The van der Waals surface area contributed by atoms with E-state index in [1.165, 1.54) is 24.6 Å². The topological polar surface area (TPSA) is 79.5 Å². The molecule has 0 saturated carbocycles. The Morgan fingerprint density at radius 2 is 1.86 bits per heavy atom. The molecule has 0 aliphatic carbocycles. The number of sulfonamides is 1. The summed E-state index contributed by atoms with van der Waals surface area (Å²) in [5, 5.41) is 0. The Kier molecular flexibility index (Phi) is 6.57. The normalized spacial score (nSPS) is 12.1. The molecule has 7 heteroatoms. The maximum Gasteiger partial charge on any atom is 0.244 e. The molecule has 0 aliphatic rings. The molecule has 1 aromatic heterocycles. The van der Waals surface area contributed by atoms with E-state index in [0.29, 0.717) is 19.1 Å². The first-order valence-corrected chi connectivity index (χ1v) is 8.67. The van der Waals surface area contributed by atoms with E-state index in [-0.39, 0.29) is 4.90 Å². The molecule has 0 spiro atoms. The number of nitrogens with two attached hydrogens (primary N) is 1. The molecule has 0 amide bonds. The van der Waals surface area contributed by atoms with Crippen LogP contribution in [0.15, 0.2) is 23.2 Å². The van der Waals surface area contributed by atoms with E-state index in [0.717, 1.165) is 18.7 Å². The third-order valence-corrected chi connectivity index (χ3v) is 5.35. The van der Waals surface area contributed by atoms with E-state index < -0.39 is 10.0 Å². The van der Waals surface area contributed by atoms with Crippen LogP contribution in [0, 0.1) is 0 Å². The minimum absolute atomic E-state index is 0.202. The summed E-state index contributed by atoms with van der Waals surface area (Å²) in [5.74, 6) is 0.770. The lowest BCUT2D eigenvalue weighted by Crippen LogP contribution is -2.38. The molecule has 0 unspecified atom stereocenters. The molecule has 0 saturated heterocycles. The lowest BCUT2D eigenvalue weighted by atomic mass is 10.1. The summed E-state index contributed by atoms with van der Waals surface area (Å²) in [6.07, 6.45) is 3.41. The lowest BCUT2D eigenvalue weighted by molar-refractivity contribution is 0.520. The first kappa shape index (κ1) is 17.9. The highest BCUT2D eigenvalue weighted by atomic mass is 32.2. The standard InChI is InChI=1S/C14H26N4O2S/c1-5-12(6-2)18(10-9-15)14-8-7-13(11-16-14)21(19,20)17(3)4/h7-8,11-12H,5-6,9-10,15H2,1-4H3. The Balaban J connectivity index is 3.09. The molecule has 1 heterocycles. The number of anilines is 1. The van der Waals surface area contributed by atoms with Gasteiger partial charge >= 0.3 is 0 Å². The van der Waals surface area contributed by atoms with Gasteiger partial charge in [-0.05, 0) is 25.0 Å². The first-order valence-electron chi connectivity index (χ1n) is 7.23. The van der Waals surface area contributed by atoms with E-state index in [1.807, 2.05) is 0 Å². The van der Waals surface area contributed by atoms with Gasteiger partial charge in [0, 0.05) is 39.4 Å². The zero-order chi connectivity index (χ0) is 16.0. The zero-order valence-electron chi connectivity index (χ0n) is 13.3. The minimum Gasteiger partial charge on any atom is -0.352 e. The van der Waals surface area contributed by atoms with Crippen LogP contribution in [0.1, 0.15) is 26.7 Å². The Labute approximate surface area is 128 Å². The van der Waals surface area contributed by atoms with Gasteiger partial charge in [0.1, 0.15) is 10.7 Å². The summed E-state index contributed by atoms with van der Waals surface area (Å²) >= 11 is 0. The van der Waals surface area contributed by atoms with Crippen LogP contribution in [-0.2, 0) is 10.0 Å². The van der Waals surface area contributed by atoms with Gasteiger partial charge in [0.2, 0.25) is 10.0 Å². The quantitative estimate of drug-likeness (QED) is 0.782. The van der Waals surface area contributed by atoms with Crippen molar-refractivity contribution in [2.45, 2.75) is 37.6 Å². The van der Waals surface area contributed by atoms with Crippen LogP contribution < -0.4 is 10.6 Å². The predicted octanol–water partition coefficient (Wildman–Crippen LogP) is 1.29. The molecule has 0 aromatic carbocycles. The van der Waals surface area contributed by atoms with E-state index in [2.05, 4.69) is 23.7 Å². The van der Waals surface area contributed by atoms with Crippen LogP contribution in [0.3, 0.4) is 0 Å². The number of hydrogen-bond acceptors (Lipinski definition) is 5. The van der Waals surface area contributed by atoms with Crippen molar-refractivity contribution in [2.24, 2.45) is 5.73 Å². The van der Waals surface area contributed by atoms with Gasteiger partial charge < -0.3 is 10.6 Å². The van der Waals surface area contributed by atoms with Crippen molar-refractivity contribution in [3.05, 3.63) is 18.3 Å². The number of aromatic nitrogens is 1. The Hall–Kier alpha value is -1.18. The van der Waals surface area contributed by atoms with Gasteiger partial charge in [0.05, 0.1) is 0 Å². The fraction of sp³-hybridized carbons (Fsp3) is 0.643. The van der Waals surface area contributed by atoms with Gasteiger partial charge in [0.15, 0.2) is 0 Å². The van der Waals surface area contributed by atoms with Crippen molar-refractivity contribution in [2.75, 3.05) is 32.1 Å². The first-order chi connectivity index (χ1) is 9.88. The average Bonchev–Trinajstić information content (AvgIpc) is 2.47. The molecular formula is C14H26N4O2S. The smallest absolute Gasteiger partial charge is 0.244 e. The molecule has 0 radical (unpaired) electrons. The highest BCUT2D eigenvalue weighted by molar-refractivity contribution is 7.89. The van der Waals surface area contributed by atoms with Gasteiger partial charge in [-0.1, -0.05) is 13.8 Å². The van der Waals surface area contributed by atoms with Crippen LogP contribution >= 0.6 is 0 Å². The van der Waals surface area contributed by atoms with Crippen LogP contribution in [0.25, 0.3) is 0 Å². The highest BCUT2D eigenvalue weighted by Crippen LogP contribution is 2.20. The molecule has 1 rings (SSSR count). The summed E-state index contributed by atoms with van der Waals surface area (Å²) in [6, 6.07) is 3.71. The van der Waals surface area contributed by atoms with Crippen molar-refractivity contribution < 1.29 is 8.42 Å². The van der Waals surface area contributed by atoms with Gasteiger partial charge in [-0.3, -0.25) is 0 Å². The molecule has 0 aliphatic heterocycles. The summed E-state index contributed by atoms with van der Waals surface area (Å²) < 4.78 is 25.3. The fourth-order valence-electron chi connectivity index (χ4n) is 2.26. The van der Waals surface area contributed by atoms with Gasteiger partial charge in [-0.25, -0.2) is 17.7 Å². The second kappa shape index (κ2) is 7.72. The molecule has 0 atom stereocenters. The van der Waals surface area contributed by atoms with E-state index in [9.17, 15) is 8.42 Å². The number of rotatable bonds is 8. The van der Waals surface area contributed by atoms with E-state index in [4.69, 9.17) is 5.73 Å². The second-order valence-corrected chi connectivity index (χ2v) is 7.24. The SMILES string of the molecule is CCC(CC)N(CCN)c1ccc(S(=O)(=O)N(C)C)cn1. The maximum absolute atomic E-state index is 12.0. The minimum atomic E-state index is -3.44. The average molecular weight is 314 g/mol. The Morgan fingerprint density at radius 3 is 2.24 bits per heavy atom. The highest BCUT2D eigenvalue weighted by Gasteiger charge is 2.20.